The van der Waals surface area contributed by atoms with E-state index in [-0.39, 0.29) is 23.7 Å². The predicted molar refractivity (Wildman–Crippen MR) is 120 cm³/mol. The van der Waals surface area contributed by atoms with Gasteiger partial charge in [-0.3, -0.25) is 24.3 Å². The summed E-state index contributed by atoms with van der Waals surface area (Å²) in [6.07, 6.45) is 0. The molecule has 7 nitrogen and oxygen atoms in total. The van der Waals surface area contributed by atoms with E-state index in [2.05, 4.69) is 5.32 Å². The molecule has 4 rings (SSSR count). The van der Waals surface area contributed by atoms with Gasteiger partial charge in [-0.2, -0.15) is 0 Å². The van der Waals surface area contributed by atoms with Crippen LogP contribution in [0.1, 0.15) is 0 Å². The highest BCUT2D eigenvalue weighted by molar-refractivity contribution is 7.99. The maximum atomic E-state index is 12.8. The summed E-state index contributed by atoms with van der Waals surface area (Å²) < 4.78 is 1.31. The zero-order valence-electron chi connectivity index (χ0n) is 16.2. The van der Waals surface area contributed by atoms with Crippen molar-refractivity contribution in [1.29, 1.82) is 0 Å². The molecule has 3 aromatic carbocycles. The van der Waals surface area contributed by atoms with Crippen LogP contribution < -0.4 is 10.9 Å². The molecule has 0 aliphatic carbocycles. The lowest BCUT2D eigenvalue weighted by molar-refractivity contribution is -0.384. The molecule has 1 amide bonds. The fraction of sp³-hybridized carbons (Fsp3) is 0.0435. The minimum absolute atomic E-state index is 0.0750. The summed E-state index contributed by atoms with van der Waals surface area (Å²) in [6, 6.07) is 24.2. The summed E-state index contributed by atoms with van der Waals surface area (Å²) in [6.45, 7) is -0.210. The second-order valence-corrected chi connectivity index (χ2v) is 7.83. The van der Waals surface area contributed by atoms with E-state index in [9.17, 15) is 19.7 Å². The smallest absolute Gasteiger partial charge is 0.270 e. The SMILES string of the molecule is O=C(Cn1c(=O)ccc2cc([N+](=O)[O-])ccc21)Nc1ccccc1Sc1ccccc1. The molecular weight excluding hydrogens is 414 g/mol. The predicted octanol–water partition coefficient (Wildman–Crippen LogP) is 4.70. The topological polar surface area (TPSA) is 94.2 Å². The van der Waals surface area contributed by atoms with Crippen LogP contribution in [0.3, 0.4) is 0 Å². The molecule has 154 valence electrons. The number of non-ortho nitro benzene ring substituents is 1. The Bertz CT molecular complexity index is 1340. The van der Waals surface area contributed by atoms with Crippen LogP contribution >= 0.6 is 11.8 Å². The Hall–Kier alpha value is -3.91. The fourth-order valence-corrected chi connectivity index (χ4v) is 4.10. The van der Waals surface area contributed by atoms with Gasteiger partial charge in [-0.25, -0.2) is 0 Å². The summed E-state index contributed by atoms with van der Waals surface area (Å²) in [5.41, 5.74) is 0.669. The number of benzene rings is 3. The second kappa shape index (κ2) is 8.85. The van der Waals surface area contributed by atoms with Crippen molar-refractivity contribution in [1.82, 2.24) is 4.57 Å². The monoisotopic (exact) mass is 431 g/mol. The molecule has 1 heterocycles. The Morgan fingerprint density at radius 3 is 2.48 bits per heavy atom. The number of fused-ring (bicyclic) bond motifs is 1. The summed E-state index contributed by atoms with van der Waals surface area (Å²) in [5, 5.41) is 14.4. The van der Waals surface area contributed by atoms with Gasteiger partial charge in [-0.05, 0) is 36.4 Å². The number of amides is 1. The number of hydrogen-bond donors (Lipinski definition) is 1. The quantitative estimate of drug-likeness (QED) is 0.353. The van der Waals surface area contributed by atoms with Crippen LogP contribution in [0.4, 0.5) is 11.4 Å². The Balaban J connectivity index is 1.59. The molecule has 4 aromatic rings. The minimum atomic E-state index is -0.497. The van der Waals surface area contributed by atoms with Crippen LogP contribution in [0, 0.1) is 10.1 Å². The van der Waals surface area contributed by atoms with Crippen molar-refractivity contribution >= 4 is 39.9 Å². The number of para-hydroxylation sites is 1. The van der Waals surface area contributed by atoms with Gasteiger partial charge in [0.1, 0.15) is 6.54 Å². The van der Waals surface area contributed by atoms with Gasteiger partial charge in [0.05, 0.1) is 16.1 Å². The number of hydrogen-bond acceptors (Lipinski definition) is 5. The van der Waals surface area contributed by atoms with Gasteiger partial charge in [0.15, 0.2) is 0 Å². The first-order chi connectivity index (χ1) is 15.0. The molecule has 0 saturated carbocycles. The van der Waals surface area contributed by atoms with Crippen molar-refractivity contribution in [2.24, 2.45) is 0 Å². The van der Waals surface area contributed by atoms with Crippen molar-refractivity contribution in [3.8, 4) is 0 Å². The van der Waals surface area contributed by atoms with E-state index < -0.39 is 4.92 Å². The Morgan fingerprint density at radius 2 is 1.71 bits per heavy atom. The lowest BCUT2D eigenvalue weighted by atomic mass is 10.2. The molecule has 0 radical (unpaired) electrons. The molecule has 0 saturated heterocycles. The first-order valence-electron chi connectivity index (χ1n) is 9.41. The number of nitro groups is 1. The van der Waals surface area contributed by atoms with Crippen molar-refractivity contribution in [2.75, 3.05) is 5.32 Å². The number of nitrogens with zero attached hydrogens (tertiary/aromatic N) is 2. The lowest BCUT2D eigenvalue weighted by Crippen LogP contribution is -2.27. The molecule has 8 heteroatoms. The number of nitro benzene ring substituents is 1. The molecule has 0 fully saturated rings. The molecule has 31 heavy (non-hydrogen) atoms. The number of anilines is 1. The van der Waals surface area contributed by atoms with Crippen LogP contribution in [-0.2, 0) is 11.3 Å². The van der Waals surface area contributed by atoms with Crippen molar-refractivity contribution in [2.45, 2.75) is 16.3 Å². The van der Waals surface area contributed by atoms with Gasteiger partial charge >= 0.3 is 0 Å². The number of carbonyl (C=O) groups is 1. The van der Waals surface area contributed by atoms with Gasteiger partial charge in [0.2, 0.25) is 5.91 Å². The highest BCUT2D eigenvalue weighted by Gasteiger charge is 2.13. The average Bonchev–Trinajstić information content (AvgIpc) is 2.77. The number of nitrogens with one attached hydrogen (secondary N) is 1. The molecule has 0 atom stereocenters. The third-order valence-electron chi connectivity index (χ3n) is 4.62. The third-order valence-corrected chi connectivity index (χ3v) is 5.70. The molecule has 0 bridgehead atoms. The van der Waals surface area contributed by atoms with E-state index in [1.165, 1.54) is 46.7 Å². The van der Waals surface area contributed by atoms with Crippen LogP contribution in [0.25, 0.3) is 10.9 Å². The summed E-state index contributed by atoms with van der Waals surface area (Å²) in [4.78, 5) is 37.6. The number of aromatic nitrogens is 1. The van der Waals surface area contributed by atoms with Crippen LogP contribution in [-0.4, -0.2) is 15.4 Å². The van der Waals surface area contributed by atoms with E-state index in [4.69, 9.17) is 0 Å². The van der Waals surface area contributed by atoms with Crippen molar-refractivity contribution < 1.29 is 9.72 Å². The average molecular weight is 431 g/mol. The standard InChI is InChI=1S/C23H17N3O4S/c27-22(24-19-8-4-5-9-21(19)31-18-6-2-1-3-7-18)15-25-20-12-11-17(26(29)30)14-16(20)10-13-23(25)28/h1-14H,15H2,(H,24,27). The van der Waals surface area contributed by atoms with Gasteiger partial charge in [-0.15, -0.1) is 0 Å². The van der Waals surface area contributed by atoms with Gasteiger partial charge in [0.25, 0.3) is 11.2 Å². The second-order valence-electron chi connectivity index (χ2n) is 6.72. The van der Waals surface area contributed by atoms with Crippen LogP contribution in [0.2, 0.25) is 0 Å². The molecular formula is C23H17N3O4S. The van der Waals surface area contributed by atoms with Crippen molar-refractivity contribution in [3.05, 3.63) is 105 Å². The number of carbonyl (C=O) groups excluding carboxylic acids is 1. The van der Waals surface area contributed by atoms with Crippen molar-refractivity contribution in [3.63, 3.8) is 0 Å². The zero-order valence-corrected chi connectivity index (χ0v) is 17.0. The highest BCUT2D eigenvalue weighted by Crippen LogP contribution is 2.33. The maximum absolute atomic E-state index is 12.8. The lowest BCUT2D eigenvalue weighted by Gasteiger charge is -2.13. The normalized spacial score (nSPS) is 10.7. The van der Waals surface area contributed by atoms with E-state index >= 15 is 0 Å². The molecule has 0 spiro atoms. The van der Waals surface area contributed by atoms with E-state index in [1.54, 1.807) is 6.07 Å². The van der Waals surface area contributed by atoms with E-state index in [0.29, 0.717) is 16.6 Å². The number of rotatable bonds is 6. The number of pyridine rings is 1. The first-order valence-corrected chi connectivity index (χ1v) is 10.2. The van der Waals surface area contributed by atoms with Gasteiger partial charge in [-0.1, -0.05) is 42.1 Å². The summed E-state index contributed by atoms with van der Waals surface area (Å²) in [5.74, 6) is -0.367. The molecule has 0 unspecified atom stereocenters. The van der Waals surface area contributed by atoms with E-state index in [0.717, 1.165) is 9.79 Å². The molecule has 1 N–H and O–H groups in total. The first kappa shape index (κ1) is 20.4. The van der Waals surface area contributed by atoms with Gasteiger partial charge < -0.3 is 5.32 Å². The van der Waals surface area contributed by atoms with Crippen LogP contribution in [0.5, 0.6) is 0 Å². The summed E-state index contributed by atoms with van der Waals surface area (Å²) in [7, 11) is 0. The summed E-state index contributed by atoms with van der Waals surface area (Å²) >= 11 is 1.53. The van der Waals surface area contributed by atoms with E-state index in [1.807, 2.05) is 48.5 Å². The zero-order chi connectivity index (χ0) is 21.8. The molecule has 0 aliphatic heterocycles. The Morgan fingerprint density at radius 1 is 0.968 bits per heavy atom. The molecule has 1 aromatic heterocycles. The van der Waals surface area contributed by atoms with Gasteiger partial charge in [0, 0.05) is 33.4 Å². The fourth-order valence-electron chi connectivity index (χ4n) is 3.18. The largest absolute Gasteiger partial charge is 0.324 e. The third kappa shape index (κ3) is 4.65. The maximum Gasteiger partial charge on any atom is 0.270 e. The van der Waals surface area contributed by atoms with Crippen LogP contribution in [0.15, 0.2) is 99.5 Å². The Kier molecular flexibility index (Phi) is 5.81. The minimum Gasteiger partial charge on any atom is -0.324 e. The molecule has 0 aliphatic rings. The highest BCUT2D eigenvalue weighted by atomic mass is 32.2. The Labute approximate surface area is 181 Å².